The third-order valence-electron chi connectivity index (χ3n) is 2.70. The normalized spacial score (nSPS) is 17.2. The molecule has 5 nitrogen and oxygen atoms in total. The van der Waals surface area contributed by atoms with E-state index in [1.165, 1.54) is 12.3 Å². The number of halogens is 1. The molecule has 0 radical (unpaired) electrons. The van der Waals surface area contributed by atoms with Crippen LogP contribution in [0.3, 0.4) is 0 Å². The van der Waals surface area contributed by atoms with E-state index in [0.29, 0.717) is 12.5 Å². The van der Waals surface area contributed by atoms with E-state index in [2.05, 4.69) is 9.71 Å². The molecular formula is C10H16ClN3O2S. The summed E-state index contributed by atoms with van der Waals surface area (Å²) < 4.78 is 26.5. The van der Waals surface area contributed by atoms with E-state index in [1.807, 2.05) is 0 Å². The summed E-state index contributed by atoms with van der Waals surface area (Å²) in [5, 5.41) is 0. The first-order chi connectivity index (χ1) is 7.63. The Bertz CT molecular complexity index is 448. The van der Waals surface area contributed by atoms with Crippen LogP contribution in [0.2, 0.25) is 0 Å². The molecule has 7 heteroatoms. The largest absolute Gasteiger partial charge is 0.329 e. The Morgan fingerprint density at radius 2 is 2.24 bits per heavy atom. The molecular weight excluding hydrogens is 262 g/mol. The lowest BCUT2D eigenvalue weighted by atomic mass is 10.2. The maximum Gasteiger partial charge on any atom is 0.242 e. The van der Waals surface area contributed by atoms with Gasteiger partial charge in [-0.3, -0.25) is 4.98 Å². The number of sulfonamides is 1. The van der Waals surface area contributed by atoms with Gasteiger partial charge in [-0.1, -0.05) is 0 Å². The smallest absolute Gasteiger partial charge is 0.242 e. The fraction of sp³-hybridized carbons (Fsp3) is 0.500. The Labute approximate surface area is 107 Å². The van der Waals surface area contributed by atoms with Gasteiger partial charge in [0.2, 0.25) is 10.0 Å². The van der Waals surface area contributed by atoms with E-state index >= 15 is 0 Å². The topological polar surface area (TPSA) is 85.1 Å². The van der Waals surface area contributed by atoms with E-state index in [9.17, 15) is 8.42 Å². The first kappa shape index (κ1) is 14.4. The molecule has 1 fully saturated rings. The van der Waals surface area contributed by atoms with E-state index in [0.717, 1.165) is 12.8 Å². The zero-order valence-corrected chi connectivity index (χ0v) is 10.9. The molecule has 1 unspecified atom stereocenters. The van der Waals surface area contributed by atoms with Crippen molar-refractivity contribution in [1.82, 2.24) is 9.71 Å². The van der Waals surface area contributed by atoms with E-state index in [4.69, 9.17) is 5.73 Å². The molecule has 3 N–H and O–H groups in total. The number of aromatic nitrogens is 1. The summed E-state index contributed by atoms with van der Waals surface area (Å²) in [7, 11) is -3.47. The van der Waals surface area contributed by atoms with E-state index in [-0.39, 0.29) is 23.3 Å². The van der Waals surface area contributed by atoms with E-state index in [1.54, 1.807) is 12.3 Å². The lowest BCUT2D eigenvalue weighted by Gasteiger charge is -2.15. The standard InChI is InChI=1S/C10H15N3O2S.ClH/c11-6-10(8-3-4-8)13-16(14,15)9-2-1-5-12-7-9;/h1-2,5,7-8,10,13H,3-4,6,11H2;1H. The molecule has 17 heavy (non-hydrogen) atoms. The van der Waals surface area contributed by atoms with Crippen LogP contribution in [0, 0.1) is 5.92 Å². The van der Waals surface area contributed by atoms with Crippen molar-refractivity contribution in [2.45, 2.75) is 23.8 Å². The van der Waals surface area contributed by atoms with Crippen LogP contribution in [0.4, 0.5) is 0 Å². The fourth-order valence-corrected chi connectivity index (χ4v) is 2.89. The summed E-state index contributed by atoms with van der Waals surface area (Å²) >= 11 is 0. The zero-order chi connectivity index (χ0) is 11.6. The molecule has 0 aromatic carbocycles. The van der Waals surface area contributed by atoms with Crippen molar-refractivity contribution in [1.29, 1.82) is 0 Å². The minimum Gasteiger partial charge on any atom is -0.329 e. The number of nitrogens with two attached hydrogens (primary N) is 1. The number of nitrogens with one attached hydrogen (secondary N) is 1. The number of rotatable bonds is 5. The highest BCUT2D eigenvalue weighted by molar-refractivity contribution is 7.89. The highest BCUT2D eigenvalue weighted by Gasteiger charge is 2.33. The molecule has 0 saturated heterocycles. The second kappa shape index (κ2) is 5.77. The monoisotopic (exact) mass is 277 g/mol. The third-order valence-corrected chi connectivity index (χ3v) is 4.17. The average molecular weight is 278 g/mol. The number of hydrogen-bond donors (Lipinski definition) is 2. The summed E-state index contributed by atoms with van der Waals surface area (Å²) in [6, 6.07) is 2.98. The SMILES string of the molecule is Cl.NCC(NS(=O)(=O)c1cccnc1)C1CC1. The third kappa shape index (κ3) is 3.64. The summed E-state index contributed by atoms with van der Waals surface area (Å²) in [5.74, 6) is 0.399. The Kier molecular flexibility index (Phi) is 4.88. The molecule has 1 aliphatic rings. The molecule has 0 spiro atoms. The van der Waals surface area contributed by atoms with Gasteiger partial charge in [0.15, 0.2) is 0 Å². The lowest BCUT2D eigenvalue weighted by molar-refractivity contribution is 0.519. The molecule has 1 aromatic rings. The molecule has 1 atom stereocenters. The highest BCUT2D eigenvalue weighted by atomic mass is 35.5. The zero-order valence-electron chi connectivity index (χ0n) is 9.24. The fourth-order valence-electron chi connectivity index (χ4n) is 1.61. The summed E-state index contributed by atoms with van der Waals surface area (Å²) in [5.41, 5.74) is 5.56. The van der Waals surface area contributed by atoms with Crippen LogP contribution in [0.1, 0.15) is 12.8 Å². The second-order valence-corrected chi connectivity index (χ2v) is 5.70. The van der Waals surface area contributed by atoms with Crippen LogP contribution in [-0.2, 0) is 10.0 Å². The van der Waals surface area contributed by atoms with Crippen molar-refractivity contribution < 1.29 is 8.42 Å². The van der Waals surface area contributed by atoms with Gasteiger partial charge >= 0.3 is 0 Å². The van der Waals surface area contributed by atoms with Gasteiger partial charge < -0.3 is 5.73 Å². The van der Waals surface area contributed by atoms with Gasteiger partial charge in [0.1, 0.15) is 4.90 Å². The Balaban J connectivity index is 0.00000144. The lowest BCUT2D eigenvalue weighted by Crippen LogP contribution is -2.41. The Hall–Kier alpha value is -0.690. The van der Waals surface area contributed by atoms with Gasteiger partial charge in [-0.05, 0) is 30.9 Å². The van der Waals surface area contributed by atoms with Gasteiger partial charge in [-0.25, -0.2) is 13.1 Å². The van der Waals surface area contributed by atoms with Gasteiger partial charge in [0, 0.05) is 25.0 Å². The van der Waals surface area contributed by atoms with Crippen LogP contribution in [-0.4, -0.2) is 26.0 Å². The second-order valence-electron chi connectivity index (χ2n) is 3.99. The van der Waals surface area contributed by atoms with Gasteiger partial charge in [0.25, 0.3) is 0 Å². The molecule has 1 saturated carbocycles. The van der Waals surface area contributed by atoms with Crippen LogP contribution >= 0.6 is 12.4 Å². The first-order valence-electron chi connectivity index (χ1n) is 5.26. The molecule has 1 heterocycles. The maximum atomic E-state index is 11.9. The predicted molar refractivity (Wildman–Crippen MR) is 67.4 cm³/mol. The highest BCUT2D eigenvalue weighted by Crippen LogP contribution is 2.32. The average Bonchev–Trinajstić information content (AvgIpc) is 3.11. The van der Waals surface area contributed by atoms with Crippen LogP contribution in [0.15, 0.2) is 29.4 Å². The summed E-state index contributed by atoms with van der Waals surface area (Å²) in [6.45, 7) is 0.337. The number of hydrogen-bond acceptors (Lipinski definition) is 4. The van der Waals surface area contributed by atoms with E-state index < -0.39 is 10.0 Å². The van der Waals surface area contributed by atoms with Crippen molar-refractivity contribution in [2.75, 3.05) is 6.54 Å². The molecule has 96 valence electrons. The number of nitrogens with zero attached hydrogens (tertiary/aromatic N) is 1. The predicted octanol–water partition coefficient (Wildman–Crippen LogP) is 0.519. The van der Waals surface area contributed by atoms with Gasteiger partial charge in [0.05, 0.1) is 0 Å². The molecule has 2 rings (SSSR count). The van der Waals surface area contributed by atoms with Crippen molar-refractivity contribution in [3.63, 3.8) is 0 Å². The molecule has 0 amide bonds. The molecule has 0 bridgehead atoms. The maximum absolute atomic E-state index is 11.9. The van der Waals surface area contributed by atoms with Crippen LogP contribution in [0.5, 0.6) is 0 Å². The van der Waals surface area contributed by atoms with Gasteiger partial charge in [-0.15, -0.1) is 12.4 Å². The Morgan fingerprint density at radius 3 is 2.71 bits per heavy atom. The quantitative estimate of drug-likeness (QED) is 0.822. The van der Waals surface area contributed by atoms with Crippen molar-refractivity contribution >= 4 is 22.4 Å². The molecule has 1 aromatic heterocycles. The molecule has 1 aliphatic carbocycles. The van der Waals surface area contributed by atoms with Crippen molar-refractivity contribution in [2.24, 2.45) is 11.7 Å². The minimum atomic E-state index is -3.47. The molecule has 0 aliphatic heterocycles. The first-order valence-corrected chi connectivity index (χ1v) is 6.74. The minimum absolute atomic E-state index is 0. The van der Waals surface area contributed by atoms with Crippen molar-refractivity contribution in [3.8, 4) is 0 Å². The van der Waals surface area contributed by atoms with Crippen LogP contribution in [0.25, 0.3) is 0 Å². The Morgan fingerprint density at radius 1 is 1.53 bits per heavy atom. The summed E-state index contributed by atoms with van der Waals surface area (Å²) in [6.07, 6.45) is 4.98. The number of pyridine rings is 1. The van der Waals surface area contributed by atoms with Gasteiger partial charge in [-0.2, -0.15) is 0 Å². The summed E-state index contributed by atoms with van der Waals surface area (Å²) in [4.78, 5) is 3.98. The van der Waals surface area contributed by atoms with Crippen LogP contribution < -0.4 is 10.5 Å². The van der Waals surface area contributed by atoms with Crippen molar-refractivity contribution in [3.05, 3.63) is 24.5 Å².